The summed E-state index contributed by atoms with van der Waals surface area (Å²) in [4.78, 5) is 10.6. The molecule has 0 saturated heterocycles. The van der Waals surface area contributed by atoms with Gasteiger partial charge in [0, 0.05) is 0 Å². The summed E-state index contributed by atoms with van der Waals surface area (Å²) in [6, 6.07) is 7.69. The molecular formula is C10H12N2O2. The molecule has 14 heavy (non-hydrogen) atoms. The van der Waals surface area contributed by atoms with Crippen LogP contribution in [0.5, 0.6) is 0 Å². The highest BCUT2D eigenvalue weighted by molar-refractivity contribution is 5.82. The Kier molecular flexibility index (Phi) is 3.82. The van der Waals surface area contributed by atoms with Gasteiger partial charge >= 0.3 is 0 Å². The monoisotopic (exact) mass is 192 g/mol. The van der Waals surface area contributed by atoms with Gasteiger partial charge in [-0.1, -0.05) is 29.8 Å². The molecule has 0 aliphatic carbocycles. The lowest BCUT2D eigenvalue weighted by atomic mass is 10.2. The average molecular weight is 192 g/mol. The molecule has 1 aromatic rings. The van der Waals surface area contributed by atoms with Crippen LogP contribution >= 0.6 is 0 Å². The molecule has 0 spiro atoms. The zero-order chi connectivity index (χ0) is 10.4. The summed E-state index contributed by atoms with van der Waals surface area (Å²) < 4.78 is 0. The van der Waals surface area contributed by atoms with E-state index in [1.54, 1.807) is 0 Å². The number of nitrogens with zero attached hydrogens (tertiary/aromatic N) is 1. The minimum absolute atomic E-state index is 0.520. The van der Waals surface area contributed by atoms with Gasteiger partial charge in [0.25, 0.3) is 5.91 Å². The van der Waals surface area contributed by atoms with Crippen molar-refractivity contribution in [1.29, 1.82) is 0 Å². The lowest BCUT2D eigenvalue weighted by Gasteiger charge is -1.95. The minimum atomic E-state index is -0.550. The third kappa shape index (κ3) is 3.37. The second-order valence-electron chi connectivity index (χ2n) is 2.86. The number of carbonyl (C=O) groups is 1. The van der Waals surface area contributed by atoms with Crippen LogP contribution in [0.1, 0.15) is 11.1 Å². The van der Waals surface area contributed by atoms with E-state index in [9.17, 15) is 4.79 Å². The first kappa shape index (κ1) is 10.4. The van der Waals surface area contributed by atoms with E-state index in [2.05, 4.69) is 10.5 Å². The van der Waals surface area contributed by atoms with Crippen molar-refractivity contribution in [2.45, 2.75) is 6.92 Å². The molecule has 0 aromatic heterocycles. The molecule has 0 unspecified atom stereocenters. The van der Waals surface area contributed by atoms with Gasteiger partial charge in [0.05, 0.1) is 6.21 Å². The van der Waals surface area contributed by atoms with Crippen LogP contribution in [0.3, 0.4) is 0 Å². The van der Waals surface area contributed by atoms with E-state index >= 15 is 0 Å². The predicted molar refractivity (Wildman–Crippen MR) is 54.0 cm³/mol. The van der Waals surface area contributed by atoms with E-state index in [1.165, 1.54) is 11.8 Å². The van der Waals surface area contributed by atoms with Crippen LogP contribution < -0.4 is 5.43 Å². The van der Waals surface area contributed by atoms with E-state index in [-0.39, 0.29) is 0 Å². The largest absolute Gasteiger partial charge is 0.386 e. The number of nitrogens with one attached hydrogen (secondary N) is 1. The van der Waals surface area contributed by atoms with E-state index in [1.807, 2.05) is 31.2 Å². The van der Waals surface area contributed by atoms with E-state index in [4.69, 9.17) is 5.11 Å². The number of hydrogen-bond acceptors (Lipinski definition) is 3. The predicted octanol–water partition coefficient (Wildman–Crippen LogP) is 0.437. The maximum absolute atomic E-state index is 10.6. The molecule has 0 atom stereocenters. The lowest BCUT2D eigenvalue weighted by molar-refractivity contribution is -0.123. The molecule has 1 amide bonds. The average Bonchev–Trinajstić information content (AvgIpc) is 2.21. The summed E-state index contributed by atoms with van der Waals surface area (Å²) in [6.07, 6.45) is 1.52. The summed E-state index contributed by atoms with van der Waals surface area (Å²) >= 11 is 0. The standard InChI is InChI=1S/C10H12N2O2/c1-8-2-4-9(5-3-8)6-11-12-10(14)7-13/h2-6,13H,7H2,1H3,(H,12,14)/b11-6+. The lowest BCUT2D eigenvalue weighted by Crippen LogP contribution is -2.20. The second-order valence-corrected chi connectivity index (χ2v) is 2.86. The van der Waals surface area contributed by atoms with Crippen molar-refractivity contribution >= 4 is 12.1 Å². The zero-order valence-electron chi connectivity index (χ0n) is 7.90. The van der Waals surface area contributed by atoms with Gasteiger partial charge in [-0.05, 0) is 12.5 Å². The molecule has 0 aliphatic rings. The highest BCUT2D eigenvalue weighted by Gasteiger charge is 1.92. The summed E-state index contributed by atoms with van der Waals surface area (Å²) in [7, 11) is 0. The minimum Gasteiger partial charge on any atom is -0.386 e. The summed E-state index contributed by atoms with van der Waals surface area (Å²) in [5, 5.41) is 12.0. The number of hydrazone groups is 1. The van der Waals surface area contributed by atoms with Crippen molar-refractivity contribution in [1.82, 2.24) is 5.43 Å². The molecule has 0 saturated carbocycles. The highest BCUT2D eigenvalue weighted by Crippen LogP contribution is 1.99. The molecule has 4 heteroatoms. The van der Waals surface area contributed by atoms with Crippen LogP contribution in [0.4, 0.5) is 0 Å². The second kappa shape index (κ2) is 5.14. The number of aliphatic hydroxyl groups excluding tert-OH is 1. The van der Waals surface area contributed by atoms with Gasteiger partial charge in [0.2, 0.25) is 0 Å². The van der Waals surface area contributed by atoms with E-state index in [0.717, 1.165) is 5.56 Å². The fraction of sp³-hybridized carbons (Fsp3) is 0.200. The van der Waals surface area contributed by atoms with Crippen molar-refractivity contribution in [3.05, 3.63) is 35.4 Å². The maximum atomic E-state index is 10.6. The summed E-state index contributed by atoms with van der Waals surface area (Å²) in [6.45, 7) is 1.44. The third-order valence-electron chi connectivity index (χ3n) is 1.62. The fourth-order valence-corrected chi connectivity index (χ4v) is 0.867. The van der Waals surface area contributed by atoms with Crippen molar-refractivity contribution in [2.24, 2.45) is 5.10 Å². The number of carbonyl (C=O) groups excluding carboxylic acids is 1. The first-order chi connectivity index (χ1) is 6.72. The molecule has 0 bridgehead atoms. The first-order valence-corrected chi connectivity index (χ1v) is 4.22. The molecule has 74 valence electrons. The van der Waals surface area contributed by atoms with Gasteiger partial charge in [-0.2, -0.15) is 5.10 Å². The van der Waals surface area contributed by atoms with Gasteiger partial charge in [-0.15, -0.1) is 0 Å². The summed E-state index contributed by atoms with van der Waals surface area (Å²) in [5.41, 5.74) is 4.24. The van der Waals surface area contributed by atoms with Crippen molar-refractivity contribution in [3.8, 4) is 0 Å². The van der Waals surface area contributed by atoms with Crippen LogP contribution in [0, 0.1) is 6.92 Å². The number of hydrogen-bond donors (Lipinski definition) is 2. The molecule has 1 aromatic carbocycles. The molecule has 4 nitrogen and oxygen atoms in total. The van der Waals surface area contributed by atoms with E-state index < -0.39 is 12.5 Å². The van der Waals surface area contributed by atoms with Crippen molar-refractivity contribution in [2.75, 3.05) is 6.61 Å². The Labute approximate surface area is 82.3 Å². The smallest absolute Gasteiger partial charge is 0.265 e. The van der Waals surface area contributed by atoms with Gasteiger partial charge in [0.1, 0.15) is 6.61 Å². The number of aliphatic hydroxyl groups is 1. The quantitative estimate of drug-likeness (QED) is 0.539. The van der Waals surface area contributed by atoms with Crippen LogP contribution in [-0.2, 0) is 4.79 Å². The van der Waals surface area contributed by atoms with Crippen LogP contribution in [0.25, 0.3) is 0 Å². The zero-order valence-corrected chi connectivity index (χ0v) is 7.90. The molecule has 2 N–H and O–H groups in total. The van der Waals surface area contributed by atoms with Crippen molar-refractivity contribution in [3.63, 3.8) is 0 Å². The number of benzene rings is 1. The number of aryl methyl sites for hydroxylation is 1. The number of rotatable bonds is 3. The Balaban J connectivity index is 2.52. The van der Waals surface area contributed by atoms with Gasteiger partial charge in [0.15, 0.2) is 0 Å². The van der Waals surface area contributed by atoms with Gasteiger partial charge < -0.3 is 5.11 Å². The molecule has 0 radical (unpaired) electrons. The summed E-state index contributed by atoms with van der Waals surface area (Å²) in [5.74, 6) is -0.520. The van der Waals surface area contributed by atoms with Crippen LogP contribution in [0.2, 0.25) is 0 Å². The molecular weight excluding hydrogens is 180 g/mol. The van der Waals surface area contributed by atoms with Gasteiger partial charge in [-0.25, -0.2) is 5.43 Å². The Morgan fingerprint density at radius 2 is 2.14 bits per heavy atom. The molecule has 0 heterocycles. The Hall–Kier alpha value is -1.68. The SMILES string of the molecule is Cc1ccc(/C=N/NC(=O)CO)cc1. The maximum Gasteiger partial charge on any atom is 0.265 e. The van der Waals surface area contributed by atoms with Crippen LogP contribution in [0.15, 0.2) is 29.4 Å². The topological polar surface area (TPSA) is 61.7 Å². The molecule has 1 rings (SSSR count). The Morgan fingerprint density at radius 3 is 2.71 bits per heavy atom. The van der Waals surface area contributed by atoms with Crippen molar-refractivity contribution < 1.29 is 9.90 Å². The molecule has 0 aliphatic heterocycles. The van der Waals surface area contributed by atoms with E-state index in [0.29, 0.717) is 0 Å². The van der Waals surface area contributed by atoms with Crippen LogP contribution in [-0.4, -0.2) is 23.8 Å². The highest BCUT2D eigenvalue weighted by atomic mass is 16.3. The third-order valence-corrected chi connectivity index (χ3v) is 1.62. The van der Waals surface area contributed by atoms with Gasteiger partial charge in [-0.3, -0.25) is 4.79 Å². The Morgan fingerprint density at radius 1 is 1.50 bits per heavy atom. The first-order valence-electron chi connectivity index (χ1n) is 4.22. The Bertz CT molecular complexity index is 330. The number of amides is 1. The normalized spacial score (nSPS) is 10.4. The fourth-order valence-electron chi connectivity index (χ4n) is 0.867. The molecule has 0 fully saturated rings.